The molecule has 5 heteroatoms. The van der Waals surface area contributed by atoms with E-state index >= 15 is 0 Å². The monoisotopic (exact) mass is 309 g/mol. The molecule has 0 aromatic heterocycles. The summed E-state index contributed by atoms with van der Waals surface area (Å²) in [6.07, 6.45) is 3.13. The fourth-order valence-electron chi connectivity index (χ4n) is 3.06. The minimum absolute atomic E-state index is 0.0810. The Hall–Kier alpha value is -2.69. The van der Waals surface area contributed by atoms with Crippen molar-refractivity contribution in [3.63, 3.8) is 0 Å². The molecule has 0 heterocycles. The summed E-state index contributed by atoms with van der Waals surface area (Å²) in [6, 6.07) is 10.7. The van der Waals surface area contributed by atoms with E-state index in [1.807, 2.05) is 0 Å². The smallest absolute Gasteiger partial charge is 0.269 e. The Morgan fingerprint density at radius 2 is 1.87 bits per heavy atom. The van der Waals surface area contributed by atoms with Crippen LogP contribution in [0.5, 0.6) is 0 Å². The first-order valence-corrected chi connectivity index (χ1v) is 7.72. The lowest BCUT2D eigenvalue weighted by Crippen LogP contribution is -2.15. The van der Waals surface area contributed by atoms with Gasteiger partial charge in [0.2, 0.25) is 0 Å². The average molecular weight is 309 g/mol. The number of nitro benzene ring substituents is 1. The standard InChI is InChI=1S/C18H19N3O2/c1-12-10-13(2)16-4-3-5-18(17(16)11-12)20-19-14-6-8-15(9-7-14)21(22)23/h6-11,19H,3-5H2,1-2H3/b20-18-. The van der Waals surface area contributed by atoms with Crippen LogP contribution in [0.15, 0.2) is 41.5 Å². The van der Waals surface area contributed by atoms with E-state index in [0.29, 0.717) is 0 Å². The van der Waals surface area contributed by atoms with Crippen LogP contribution >= 0.6 is 0 Å². The van der Waals surface area contributed by atoms with Gasteiger partial charge in [0.15, 0.2) is 0 Å². The summed E-state index contributed by atoms with van der Waals surface area (Å²) >= 11 is 0. The fraction of sp³-hybridized carbons (Fsp3) is 0.278. The Kier molecular flexibility index (Phi) is 4.10. The lowest BCUT2D eigenvalue weighted by Gasteiger charge is -2.21. The highest BCUT2D eigenvalue weighted by molar-refractivity contribution is 6.03. The average Bonchev–Trinajstić information content (AvgIpc) is 2.53. The molecule has 0 aliphatic heterocycles. The molecule has 0 unspecified atom stereocenters. The third-order valence-electron chi connectivity index (χ3n) is 4.17. The van der Waals surface area contributed by atoms with E-state index in [1.54, 1.807) is 12.1 Å². The van der Waals surface area contributed by atoms with Crippen LogP contribution in [-0.4, -0.2) is 10.6 Å². The molecule has 0 bridgehead atoms. The molecule has 1 N–H and O–H groups in total. The van der Waals surface area contributed by atoms with E-state index in [2.05, 4.69) is 36.5 Å². The first kappa shape index (κ1) is 15.2. The van der Waals surface area contributed by atoms with Crippen molar-refractivity contribution in [2.24, 2.45) is 5.10 Å². The number of benzene rings is 2. The molecular weight excluding hydrogens is 290 g/mol. The van der Waals surface area contributed by atoms with E-state index in [0.717, 1.165) is 30.7 Å². The van der Waals surface area contributed by atoms with Gasteiger partial charge in [0.05, 0.1) is 16.3 Å². The van der Waals surface area contributed by atoms with Gasteiger partial charge in [-0.15, -0.1) is 0 Å². The summed E-state index contributed by atoms with van der Waals surface area (Å²) in [4.78, 5) is 10.3. The van der Waals surface area contributed by atoms with E-state index < -0.39 is 4.92 Å². The van der Waals surface area contributed by atoms with E-state index in [1.165, 1.54) is 34.4 Å². The highest BCUT2D eigenvalue weighted by Gasteiger charge is 2.17. The van der Waals surface area contributed by atoms with Gasteiger partial charge in [-0.05, 0) is 62.4 Å². The van der Waals surface area contributed by atoms with Gasteiger partial charge in [-0.3, -0.25) is 15.5 Å². The molecule has 0 spiro atoms. The van der Waals surface area contributed by atoms with Crippen molar-refractivity contribution in [1.82, 2.24) is 0 Å². The van der Waals surface area contributed by atoms with Crippen LogP contribution in [0.25, 0.3) is 0 Å². The number of hydrazone groups is 1. The zero-order valence-corrected chi connectivity index (χ0v) is 13.3. The van der Waals surface area contributed by atoms with E-state index in [9.17, 15) is 10.1 Å². The number of hydrogen-bond donors (Lipinski definition) is 1. The van der Waals surface area contributed by atoms with Crippen molar-refractivity contribution in [3.05, 3.63) is 68.8 Å². The zero-order valence-electron chi connectivity index (χ0n) is 13.3. The SMILES string of the molecule is Cc1cc(C)c2c(c1)/C(=N\Nc1ccc([N+](=O)[O-])cc1)CCC2. The second kappa shape index (κ2) is 6.20. The summed E-state index contributed by atoms with van der Waals surface area (Å²) in [6.45, 7) is 4.25. The van der Waals surface area contributed by atoms with Crippen LogP contribution < -0.4 is 5.43 Å². The molecule has 0 radical (unpaired) electrons. The zero-order chi connectivity index (χ0) is 16.4. The van der Waals surface area contributed by atoms with Crippen LogP contribution in [0.3, 0.4) is 0 Å². The Labute approximate surface area is 135 Å². The van der Waals surface area contributed by atoms with Gasteiger partial charge in [0.1, 0.15) is 0 Å². The third kappa shape index (κ3) is 3.23. The van der Waals surface area contributed by atoms with Crippen molar-refractivity contribution >= 4 is 17.1 Å². The molecule has 5 nitrogen and oxygen atoms in total. The first-order valence-electron chi connectivity index (χ1n) is 7.72. The molecule has 118 valence electrons. The predicted octanol–water partition coefficient (Wildman–Crippen LogP) is 4.36. The predicted molar refractivity (Wildman–Crippen MR) is 92.1 cm³/mol. The van der Waals surface area contributed by atoms with E-state index in [-0.39, 0.29) is 5.69 Å². The second-order valence-corrected chi connectivity index (χ2v) is 5.94. The summed E-state index contributed by atoms with van der Waals surface area (Å²) in [7, 11) is 0. The second-order valence-electron chi connectivity index (χ2n) is 5.94. The summed E-state index contributed by atoms with van der Waals surface area (Å²) in [5, 5.41) is 15.2. The minimum Gasteiger partial charge on any atom is -0.278 e. The van der Waals surface area contributed by atoms with Crippen molar-refractivity contribution in [3.8, 4) is 0 Å². The number of nitrogens with one attached hydrogen (secondary N) is 1. The number of rotatable bonds is 3. The molecule has 1 aliphatic rings. The highest BCUT2D eigenvalue weighted by atomic mass is 16.6. The van der Waals surface area contributed by atoms with Crippen molar-refractivity contribution in [2.45, 2.75) is 33.1 Å². The van der Waals surface area contributed by atoms with Gasteiger partial charge in [-0.2, -0.15) is 5.10 Å². The van der Waals surface area contributed by atoms with E-state index in [4.69, 9.17) is 0 Å². The van der Waals surface area contributed by atoms with Crippen molar-refractivity contribution < 1.29 is 4.92 Å². The summed E-state index contributed by atoms with van der Waals surface area (Å²) in [5.41, 5.74) is 10.1. The Morgan fingerprint density at radius 1 is 1.13 bits per heavy atom. The van der Waals surface area contributed by atoms with Gasteiger partial charge in [0, 0.05) is 17.7 Å². The molecular formula is C18H19N3O2. The number of fused-ring (bicyclic) bond motifs is 1. The topological polar surface area (TPSA) is 67.5 Å². The lowest BCUT2D eigenvalue weighted by molar-refractivity contribution is -0.384. The molecule has 23 heavy (non-hydrogen) atoms. The quantitative estimate of drug-likeness (QED) is 0.676. The molecule has 1 aliphatic carbocycles. The molecule has 0 atom stereocenters. The van der Waals surface area contributed by atoms with Crippen LogP contribution in [0.1, 0.15) is 35.1 Å². The number of nitrogens with zero attached hydrogens (tertiary/aromatic N) is 2. The van der Waals surface area contributed by atoms with Crippen LogP contribution in [-0.2, 0) is 6.42 Å². The Bertz CT molecular complexity index is 780. The van der Waals surface area contributed by atoms with Crippen molar-refractivity contribution in [1.29, 1.82) is 0 Å². The molecule has 3 rings (SSSR count). The molecule has 0 saturated heterocycles. The van der Waals surface area contributed by atoms with Crippen LogP contribution in [0.4, 0.5) is 11.4 Å². The third-order valence-corrected chi connectivity index (χ3v) is 4.17. The maximum atomic E-state index is 10.7. The van der Waals surface area contributed by atoms with Gasteiger partial charge < -0.3 is 0 Å². The van der Waals surface area contributed by atoms with Crippen LogP contribution in [0, 0.1) is 24.0 Å². The summed E-state index contributed by atoms with van der Waals surface area (Å²) < 4.78 is 0. The Balaban J connectivity index is 1.86. The molecule has 2 aromatic rings. The van der Waals surface area contributed by atoms with Gasteiger partial charge in [-0.1, -0.05) is 11.6 Å². The molecule has 0 saturated carbocycles. The largest absolute Gasteiger partial charge is 0.278 e. The molecule has 0 amide bonds. The van der Waals surface area contributed by atoms with Gasteiger partial charge >= 0.3 is 0 Å². The summed E-state index contributed by atoms with van der Waals surface area (Å²) in [5.74, 6) is 0. The molecule has 0 fully saturated rings. The minimum atomic E-state index is -0.404. The maximum Gasteiger partial charge on any atom is 0.269 e. The van der Waals surface area contributed by atoms with Gasteiger partial charge in [0.25, 0.3) is 5.69 Å². The maximum absolute atomic E-state index is 10.7. The molecule has 2 aromatic carbocycles. The number of aryl methyl sites for hydroxylation is 2. The lowest BCUT2D eigenvalue weighted by atomic mass is 9.86. The number of nitro groups is 1. The highest BCUT2D eigenvalue weighted by Crippen LogP contribution is 2.26. The Morgan fingerprint density at radius 3 is 2.57 bits per heavy atom. The van der Waals surface area contributed by atoms with Crippen LogP contribution in [0.2, 0.25) is 0 Å². The number of non-ortho nitro benzene ring substituents is 1. The first-order chi connectivity index (χ1) is 11.0. The number of hydrogen-bond acceptors (Lipinski definition) is 4. The van der Waals surface area contributed by atoms with Gasteiger partial charge in [-0.25, -0.2) is 0 Å². The van der Waals surface area contributed by atoms with Crippen molar-refractivity contribution in [2.75, 3.05) is 5.43 Å². The fourth-order valence-corrected chi connectivity index (χ4v) is 3.06. The number of anilines is 1. The normalized spacial score (nSPS) is 15.3.